The van der Waals surface area contributed by atoms with E-state index < -0.39 is 10.7 Å². The summed E-state index contributed by atoms with van der Waals surface area (Å²) in [6.45, 7) is 0. The molecule has 0 unspecified atom stereocenters. The summed E-state index contributed by atoms with van der Waals surface area (Å²) in [6, 6.07) is 5.11. The molecule has 66 valence electrons. The highest BCUT2D eigenvalue weighted by atomic mass is 32.2. The molecule has 12 heavy (non-hydrogen) atoms. The fraction of sp³-hybridized carbons (Fsp3) is 0. The summed E-state index contributed by atoms with van der Waals surface area (Å²) in [5, 5.41) is 16.9. The summed E-state index contributed by atoms with van der Waals surface area (Å²) in [7, 11) is -2.61. The highest BCUT2D eigenvalue weighted by Crippen LogP contribution is 2.12. The molecule has 0 aliphatic carbocycles. The number of rotatable bonds is 2. The van der Waals surface area contributed by atoms with Gasteiger partial charge in [0.15, 0.2) is 10.7 Å². The fourth-order valence-electron chi connectivity index (χ4n) is 0.708. The minimum Gasteiger partial charge on any atom is -0.264 e. The predicted octanol–water partition coefficient (Wildman–Crippen LogP) is 0.242. The Kier molecular flexibility index (Phi) is 2.64. The van der Waals surface area contributed by atoms with E-state index in [9.17, 15) is 8.42 Å². The zero-order valence-electron chi connectivity index (χ0n) is 5.91. The van der Waals surface area contributed by atoms with Crippen molar-refractivity contribution >= 4 is 16.4 Å². The molecule has 0 bridgehead atoms. The molecule has 6 heteroatoms. The van der Waals surface area contributed by atoms with Crippen LogP contribution >= 0.6 is 0 Å². The van der Waals surface area contributed by atoms with E-state index in [1.165, 1.54) is 24.3 Å². The first kappa shape index (κ1) is 8.98. The Hall–Kier alpha value is -1.11. The van der Waals surface area contributed by atoms with Gasteiger partial charge in [0.25, 0.3) is 0 Å². The van der Waals surface area contributed by atoms with Crippen LogP contribution in [-0.4, -0.2) is 18.8 Å². The molecule has 1 rings (SSSR count). The first-order chi connectivity index (χ1) is 5.61. The van der Waals surface area contributed by atoms with Crippen LogP contribution in [0.2, 0.25) is 0 Å². The van der Waals surface area contributed by atoms with Crippen molar-refractivity contribution in [1.29, 1.82) is 0 Å². The Labute approximate surface area is 70.3 Å². The molecule has 0 saturated heterocycles. The van der Waals surface area contributed by atoms with Crippen molar-refractivity contribution in [1.82, 2.24) is 0 Å². The van der Waals surface area contributed by atoms with Gasteiger partial charge in [-0.05, 0) is 24.3 Å². The second kappa shape index (κ2) is 3.53. The monoisotopic (exact) mass is 189 g/mol. The average molecular weight is 189 g/mol. The number of benzene rings is 1. The molecule has 0 aromatic heterocycles. The second-order valence-electron chi connectivity index (χ2n) is 2.06. The van der Waals surface area contributed by atoms with Crippen LogP contribution in [-0.2, 0) is 10.7 Å². The van der Waals surface area contributed by atoms with Crippen molar-refractivity contribution < 1.29 is 18.8 Å². The van der Waals surface area contributed by atoms with Gasteiger partial charge in [0.2, 0.25) is 0 Å². The van der Waals surface area contributed by atoms with Gasteiger partial charge in [-0.25, -0.2) is 8.42 Å². The minimum atomic E-state index is -2.61. The molecule has 0 amide bonds. The van der Waals surface area contributed by atoms with Gasteiger partial charge >= 0.3 is 0 Å². The van der Waals surface area contributed by atoms with Crippen LogP contribution in [0.3, 0.4) is 0 Å². The average Bonchev–Trinajstić information content (AvgIpc) is 2.04. The molecule has 5 nitrogen and oxygen atoms in total. The molecule has 0 atom stereocenters. The van der Waals surface area contributed by atoms with E-state index in [0.717, 1.165) is 0 Å². The largest absolute Gasteiger partial charge is 0.264 e. The highest BCUT2D eigenvalue weighted by Gasteiger charge is 1.98. The van der Waals surface area contributed by atoms with Crippen LogP contribution in [0.4, 0.5) is 5.69 Å². The molecule has 2 N–H and O–H groups in total. The lowest BCUT2D eigenvalue weighted by Gasteiger charge is -2.06. The van der Waals surface area contributed by atoms with Gasteiger partial charge in [-0.15, -0.1) is 5.23 Å². The van der Waals surface area contributed by atoms with Crippen molar-refractivity contribution in [2.45, 2.75) is 4.90 Å². The topological polar surface area (TPSA) is 77.8 Å². The van der Waals surface area contributed by atoms with Crippen molar-refractivity contribution in [3.63, 3.8) is 0 Å². The Balaban J connectivity index is 3.01. The molecular formula is C6H7NO4S. The number of nitrogens with zero attached hydrogens (tertiary/aromatic N) is 1. The lowest BCUT2D eigenvalue weighted by Crippen LogP contribution is -2.10. The number of hydrogen-bond donors (Lipinski definition) is 3. The van der Waals surface area contributed by atoms with Gasteiger partial charge in [-0.3, -0.25) is 10.4 Å². The smallest absolute Gasteiger partial charge is 0.168 e. The quantitative estimate of drug-likeness (QED) is 0.459. The molecule has 0 aliphatic heterocycles. The van der Waals surface area contributed by atoms with Crippen LogP contribution in [0.25, 0.3) is 0 Å². The third-order valence-electron chi connectivity index (χ3n) is 1.29. The molecule has 0 heterocycles. The molecule has 0 aliphatic rings. The zero-order chi connectivity index (χ0) is 9.14. The van der Waals surface area contributed by atoms with E-state index in [-0.39, 0.29) is 15.8 Å². The molecule has 0 radical (unpaired) electrons. The Morgan fingerprint density at radius 1 is 1.08 bits per heavy atom. The standard InChI is InChI=1S/C6H7NO4S/c8-7(9)5-1-3-6(4-2-5)12(10)11/h1-4,8-9,12H. The van der Waals surface area contributed by atoms with Crippen molar-refractivity contribution in [3.8, 4) is 0 Å². The number of hydrogen-bond acceptors (Lipinski definition) is 5. The first-order valence-electron chi connectivity index (χ1n) is 3.03. The summed E-state index contributed by atoms with van der Waals surface area (Å²) >= 11 is 0. The zero-order valence-corrected chi connectivity index (χ0v) is 6.81. The van der Waals surface area contributed by atoms with Gasteiger partial charge in [0.1, 0.15) is 0 Å². The maximum absolute atomic E-state index is 10.4. The van der Waals surface area contributed by atoms with Crippen LogP contribution in [0.1, 0.15) is 0 Å². The molecule has 0 spiro atoms. The van der Waals surface area contributed by atoms with Gasteiger partial charge < -0.3 is 0 Å². The lowest BCUT2D eigenvalue weighted by molar-refractivity contribution is 0.0291. The van der Waals surface area contributed by atoms with Gasteiger partial charge in [-0.1, -0.05) is 0 Å². The minimum absolute atomic E-state index is 0.0817. The maximum Gasteiger partial charge on any atom is 0.168 e. The second-order valence-corrected chi connectivity index (χ2v) is 3.09. The van der Waals surface area contributed by atoms with Gasteiger partial charge in [0, 0.05) is 0 Å². The van der Waals surface area contributed by atoms with E-state index >= 15 is 0 Å². The number of thiol groups is 1. The Bertz CT molecular complexity index is 322. The Morgan fingerprint density at radius 2 is 1.58 bits per heavy atom. The fourth-order valence-corrected chi connectivity index (χ4v) is 1.10. The third kappa shape index (κ3) is 1.94. The van der Waals surface area contributed by atoms with E-state index in [4.69, 9.17) is 10.4 Å². The molecular weight excluding hydrogens is 182 g/mol. The molecule has 0 fully saturated rings. The van der Waals surface area contributed by atoms with E-state index in [2.05, 4.69) is 0 Å². The Morgan fingerprint density at radius 3 is 1.92 bits per heavy atom. The predicted molar refractivity (Wildman–Crippen MR) is 41.1 cm³/mol. The molecule has 1 aromatic carbocycles. The van der Waals surface area contributed by atoms with Gasteiger partial charge in [-0.2, -0.15) is 0 Å². The summed E-state index contributed by atoms with van der Waals surface area (Å²) in [5.74, 6) is 0. The van der Waals surface area contributed by atoms with E-state index in [1.807, 2.05) is 0 Å². The maximum atomic E-state index is 10.4. The van der Waals surface area contributed by atoms with E-state index in [1.54, 1.807) is 0 Å². The summed E-state index contributed by atoms with van der Waals surface area (Å²) in [4.78, 5) is 0.135. The third-order valence-corrected chi connectivity index (χ3v) is 2.01. The lowest BCUT2D eigenvalue weighted by atomic mass is 10.3. The van der Waals surface area contributed by atoms with Crippen LogP contribution in [0, 0.1) is 0 Å². The molecule has 0 saturated carbocycles. The van der Waals surface area contributed by atoms with Crippen molar-refractivity contribution in [2.24, 2.45) is 0 Å². The highest BCUT2D eigenvalue weighted by molar-refractivity contribution is 7.72. The molecule has 1 aromatic rings. The van der Waals surface area contributed by atoms with Crippen LogP contribution in [0.15, 0.2) is 29.2 Å². The first-order valence-corrected chi connectivity index (χ1v) is 4.21. The summed E-state index contributed by atoms with van der Waals surface area (Å²) < 4.78 is 20.8. The summed E-state index contributed by atoms with van der Waals surface area (Å²) in [5.41, 5.74) is 0.107. The number of anilines is 1. The van der Waals surface area contributed by atoms with Crippen molar-refractivity contribution in [2.75, 3.05) is 5.23 Å². The SMILES string of the molecule is O=[SH](=O)c1ccc(N(O)O)cc1. The van der Waals surface area contributed by atoms with E-state index in [0.29, 0.717) is 0 Å². The van der Waals surface area contributed by atoms with Crippen molar-refractivity contribution in [3.05, 3.63) is 24.3 Å². The normalized spacial score (nSPS) is 10.2. The van der Waals surface area contributed by atoms with Crippen LogP contribution < -0.4 is 5.23 Å². The van der Waals surface area contributed by atoms with Gasteiger partial charge in [0.05, 0.1) is 10.6 Å². The summed E-state index contributed by atoms with van der Waals surface area (Å²) in [6.07, 6.45) is 0. The van der Waals surface area contributed by atoms with Crippen LogP contribution in [0.5, 0.6) is 0 Å².